The number of carbonyl (C=O) groups is 5. The molecule has 2 aromatic carbocycles. The Morgan fingerprint density at radius 3 is 1.75 bits per heavy atom. The van der Waals surface area contributed by atoms with Crippen molar-refractivity contribution in [2.75, 3.05) is 0 Å². The van der Waals surface area contributed by atoms with Gasteiger partial charge in [0.05, 0.1) is 18.6 Å². The highest BCUT2D eigenvalue weighted by Crippen LogP contribution is 2.20. The van der Waals surface area contributed by atoms with Crippen LogP contribution in [0.1, 0.15) is 24.5 Å². The number of aromatic amines is 2. The minimum atomic E-state index is -1.60. The first-order valence-corrected chi connectivity index (χ1v) is 13.8. The van der Waals surface area contributed by atoms with Crippen molar-refractivity contribution in [3.63, 3.8) is 0 Å². The number of benzene rings is 2. The van der Waals surface area contributed by atoms with Crippen molar-refractivity contribution in [2.45, 2.75) is 56.5 Å². The average Bonchev–Trinajstić information content (AvgIpc) is 3.58. The SMILES string of the molecule is CC(O)C(NC(=O)C(Cc1c[nH]c2ccccc12)NC(=O)C(N)CC(=O)O)C(=O)NC(Cc1c[nH]c2ccccc12)C(=O)O. The van der Waals surface area contributed by atoms with Crippen molar-refractivity contribution in [1.82, 2.24) is 25.9 Å². The van der Waals surface area contributed by atoms with Gasteiger partial charge in [-0.15, -0.1) is 0 Å². The van der Waals surface area contributed by atoms with E-state index < -0.39 is 66.4 Å². The molecule has 232 valence electrons. The standard InChI is InChI=1S/C30H34N6O8/c1-15(37)26(29(42)35-24(30(43)44)11-17-14-33-22-9-5-3-7-19(17)22)36-28(41)23(34-27(40)20(31)12-25(38)39)10-16-13-32-21-8-4-2-6-18(16)21/h2-9,13-15,20,23-24,26,32-33,37H,10-12,31H2,1H3,(H,34,40)(H,35,42)(H,36,41)(H,38,39)(H,43,44). The Kier molecular flexibility index (Phi) is 9.98. The molecule has 5 unspecified atom stereocenters. The number of H-pyrrole nitrogens is 2. The first-order valence-electron chi connectivity index (χ1n) is 13.8. The van der Waals surface area contributed by atoms with Gasteiger partial charge in [-0.1, -0.05) is 36.4 Å². The Balaban J connectivity index is 1.53. The molecular weight excluding hydrogens is 572 g/mol. The molecule has 0 saturated carbocycles. The van der Waals surface area contributed by atoms with E-state index in [1.165, 1.54) is 6.92 Å². The second-order valence-electron chi connectivity index (χ2n) is 10.5. The molecule has 0 aliphatic rings. The van der Waals surface area contributed by atoms with Crippen LogP contribution in [0.2, 0.25) is 0 Å². The first-order chi connectivity index (χ1) is 20.9. The average molecular weight is 607 g/mol. The van der Waals surface area contributed by atoms with Crippen LogP contribution in [0.25, 0.3) is 21.8 Å². The number of amides is 3. The number of carboxylic acid groups (broad SMARTS) is 2. The predicted octanol–water partition coefficient (Wildman–Crippen LogP) is 0.156. The van der Waals surface area contributed by atoms with E-state index in [-0.39, 0.29) is 12.8 Å². The maximum absolute atomic E-state index is 13.5. The molecule has 4 rings (SSSR count). The number of hydrogen-bond donors (Lipinski definition) is 9. The van der Waals surface area contributed by atoms with E-state index in [0.29, 0.717) is 11.1 Å². The van der Waals surface area contributed by atoms with E-state index in [4.69, 9.17) is 10.8 Å². The van der Waals surface area contributed by atoms with E-state index in [2.05, 4.69) is 25.9 Å². The Hall–Kier alpha value is -5.21. The minimum Gasteiger partial charge on any atom is -0.481 e. The zero-order valence-electron chi connectivity index (χ0n) is 23.7. The van der Waals surface area contributed by atoms with E-state index in [0.717, 1.165) is 21.8 Å². The van der Waals surface area contributed by atoms with Crippen molar-refractivity contribution in [2.24, 2.45) is 5.73 Å². The largest absolute Gasteiger partial charge is 0.481 e. The highest BCUT2D eigenvalue weighted by molar-refractivity contribution is 5.96. The van der Waals surface area contributed by atoms with Gasteiger partial charge in [0.1, 0.15) is 18.1 Å². The van der Waals surface area contributed by atoms with E-state index in [1.807, 2.05) is 30.3 Å². The van der Waals surface area contributed by atoms with Crippen molar-refractivity contribution < 1.29 is 39.3 Å². The maximum Gasteiger partial charge on any atom is 0.326 e. The molecule has 5 atom stereocenters. The lowest BCUT2D eigenvalue weighted by atomic mass is 10.0. The summed E-state index contributed by atoms with van der Waals surface area (Å²) < 4.78 is 0. The van der Waals surface area contributed by atoms with Gasteiger partial charge in [-0.25, -0.2) is 4.79 Å². The molecule has 3 amide bonds. The smallest absolute Gasteiger partial charge is 0.326 e. The zero-order chi connectivity index (χ0) is 32.0. The van der Waals surface area contributed by atoms with E-state index in [9.17, 15) is 34.2 Å². The number of para-hydroxylation sites is 2. The summed E-state index contributed by atoms with van der Waals surface area (Å²) in [6, 6.07) is 8.71. The van der Waals surface area contributed by atoms with Crippen LogP contribution in [0, 0.1) is 0 Å². The number of aliphatic hydroxyl groups excluding tert-OH is 1. The monoisotopic (exact) mass is 606 g/mol. The van der Waals surface area contributed by atoms with Crippen molar-refractivity contribution in [3.8, 4) is 0 Å². The topological polar surface area (TPSA) is 240 Å². The molecule has 14 nitrogen and oxygen atoms in total. The molecule has 0 radical (unpaired) electrons. The Labute approximate surface area is 251 Å². The van der Waals surface area contributed by atoms with Crippen LogP contribution < -0.4 is 21.7 Å². The van der Waals surface area contributed by atoms with Gasteiger partial charge in [0.25, 0.3) is 0 Å². The Bertz CT molecular complexity index is 1680. The van der Waals surface area contributed by atoms with Crippen LogP contribution in [-0.2, 0) is 36.8 Å². The molecule has 0 aliphatic carbocycles. The van der Waals surface area contributed by atoms with Crippen LogP contribution in [-0.4, -0.2) is 85.2 Å². The molecule has 2 aromatic heterocycles. The van der Waals surface area contributed by atoms with E-state index in [1.54, 1.807) is 30.6 Å². The van der Waals surface area contributed by atoms with Gasteiger partial charge < -0.3 is 47.0 Å². The fraction of sp³-hybridized carbons (Fsp3) is 0.300. The summed E-state index contributed by atoms with van der Waals surface area (Å²) in [5.74, 6) is -5.38. The highest BCUT2D eigenvalue weighted by atomic mass is 16.4. The third kappa shape index (κ3) is 7.59. The number of aliphatic carboxylic acids is 2. The van der Waals surface area contributed by atoms with Gasteiger partial charge in [-0.2, -0.15) is 0 Å². The van der Waals surface area contributed by atoms with Gasteiger partial charge in [0.15, 0.2) is 0 Å². The quantitative estimate of drug-likeness (QED) is 0.0948. The molecule has 10 N–H and O–H groups in total. The molecule has 0 saturated heterocycles. The third-order valence-electron chi connectivity index (χ3n) is 7.24. The molecule has 14 heteroatoms. The number of aromatic nitrogens is 2. The van der Waals surface area contributed by atoms with Gasteiger partial charge in [-0.3, -0.25) is 19.2 Å². The van der Waals surface area contributed by atoms with Gasteiger partial charge in [-0.05, 0) is 30.2 Å². The summed E-state index contributed by atoms with van der Waals surface area (Å²) >= 11 is 0. The van der Waals surface area contributed by atoms with E-state index >= 15 is 0 Å². The lowest BCUT2D eigenvalue weighted by Crippen LogP contribution is -2.60. The zero-order valence-corrected chi connectivity index (χ0v) is 23.7. The summed E-state index contributed by atoms with van der Waals surface area (Å²) in [6.07, 6.45) is 1.00. The lowest BCUT2D eigenvalue weighted by Gasteiger charge is -2.26. The molecular formula is C30H34N6O8. The fourth-order valence-electron chi connectivity index (χ4n) is 4.93. The second-order valence-corrected chi connectivity index (χ2v) is 10.5. The van der Waals surface area contributed by atoms with Crippen molar-refractivity contribution >= 4 is 51.5 Å². The molecule has 0 spiro atoms. The summed E-state index contributed by atoms with van der Waals surface area (Å²) in [5.41, 5.74) is 8.55. The van der Waals surface area contributed by atoms with Crippen molar-refractivity contribution in [3.05, 3.63) is 72.1 Å². The number of aliphatic hydroxyl groups is 1. The normalized spacial score (nSPS) is 14.7. The van der Waals surface area contributed by atoms with Gasteiger partial charge >= 0.3 is 11.9 Å². The summed E-state index contributed by atoms with van der Waals surface area (Å²) in [5, 5.41) is 38.1. The molecule has 44 heavy (non-hydrogen) atoms. The Morgan fingerprint density at radius 2 is 1.25 bits per heavy atom. The van der Waals surface area contributed by atoms with Crippen LogP contribution >= 0.6 is 0 Å². The number of rotatable bonds is 14. The van der Waals surface area contributed by atoms with Crippen LogP contribution in [0.3, 0.4) is 0 Å². The third-order valence-corrected chi connectivity index (χ3v) is 7.24. The maximum atomic E-state index is 13.5. The molecule has 0 fully saturated rings. The van der Waals surface area contributed by atoms with Crippen LogP contribution in [0.15, 0.2) is 60.9 Å². The first kappa shape index (κ1) is 31.7. The van der Waals surface area contributed by atoms with Crippen LogP contribution in [0.5, 0.6) is 0 Å². The second kappa shape index (κ2) is 13.8. The highest BCUT2D eigenvalue weighted by Gasteiger charge is 2.33. The lowest BCUT2D eigenvalue weighted by molar-refractivity contribution is -0.143. The Morgan fingerprint density at radius 1 is 0.750 bits per heavy atom. The number of nitrogens with two attached hydrogens (primary N) is 1. The van der Waals surface area contributed by atoms with Gasteiger partial charge in [0, 0.05) is 47.0 Å². The molecule has 0 aliphatic heterocycles. The summed E-state index contributed by atoms with van der Waals surface area (Å²) in [4.78, 5) is 68.8. The molecule has 4 aromatic rings. The number of nitrogens with one attached hydrogen (secondary N) is 5. The number of carboxylic acids is 2. The summed E-state index contributed by atoms with van der Waals surface area (Å²) in [7, 11) is 0. The number of fused-ring (bicyclic) bond motifs is 2. The van der Waals surface area contributed by atoms with Crippen molar-refractivity contribution in [1.29, 1.82) is 0 Å². The fourth-order valence-corrected chi connectivity index (χ4v) is 4.93. The summed E-state index contributed by atoms with van der Waals surface area (Å²) in [6.45, 7) is 1.25. The molecule has 0 bridgehead atoms. The minimum absolute atomic E-state index is 0.0756. The molecule has 2 heterocycles. The number of carbonyl (C=O) groups excluding carboxylic acids is 3. The predicted molar refractivity (Wildman–Crippen MR) is 159 cm³/mol. The van der Waals surface area contributed by atoms with Gasteiger partial charge in [0.2, 0.25) is 17.7 Å². The van der Waals surface area contributed by atoms with Crippen LogP contribution in [0.4, 0.5) is 0 Å². The number of hydrogen-bond acceptors (Lipinski definition) is 7.